The lowest BCUT2D eigenvalue weighted by atomic mass is 9.80. The minimum atomic E-state index is 0.808. The standard InChI is InChI=1S/C19H36N2/c1-3-12-20-16-13-17-10-11-18(14-16)21(17)19(4-2)15-8-6-5-7-9-15/h15-20H,3-14H2,1-2H3. The third-order valence-corrected chi connectivity index (χ3v) is 6.47. The summed E-state index contributed by atoms with van der Waals surface area (Å²) in [5.41, 5.74) is 0. The maximum Gasteiger partial charge on any atom is 0.0127 e. The van der Waals surface area contributed by atoms with Crippen molar-refractivity contribution in [3.05, 3.63) is 0 Å². The van der Waals surface area contributed by atoms with Gasteiger partial charge in [-0.15, -0.1) is 0 Å². The molecule has 1 N–H and O–H groups in total. The molecule has 3 unspecified atom stereocenters. The molecule has 2 nitrogen and oxygen atoms in total. The highest BCUT2D eigenvalue weighted by molar-refractivity contribution is 5.01. The van der Waals surface area contributed by atoms with Gasteiger partial charge in [0.05, 0.1) is 0 Å². The van der Waals surface area contributed by atoms with Gasteiger partial charge in [0, 0.05) is 24.2 Å². The van der Waals surface area contributed by atoms with E-state index in [1.165, 1.54) is 77.2 Å². The summed E-state index contributed by atoms with van der Waals surface area (Å²) in [5, 5.41) is 3.80. The first-order valence-corrected chi connectivity index (χ1v) is 9.84. The van der Waals surface area contributed by atoms with Crippen molar-refractivity contribution >= 4 is 0 Å². The Labute approximate surface area is 132 Å². The molecule has 1 aliphatic carbocycles. The zero-order chi connectivity index (χ0) is 14.7. The van der Waals surface area contributed by atoms with Crippen LogP contribution < -0.4 is 5.32 Å². The van der Waals surface area contributed by atoms with Crippen molar-refractivity contribution in [1.29, 1.82) is 0 Å². The van der Waals surface area contributed by atoms with Crippen molar-refractivity contribution in [2.45, 2.75) is 109 Å². The zero-order valence-corrected chi connectivity index (χ0v) is 14.3. The van der Waals surface area contributed by atoms with Crippen molar-refractivity contribution < 1.29 is 0 Å². The summed E-state index contributed by atoms with van der Waals surface area (Å²) in [6.07, 6.45) is 15.9. The normalized spacial score (nSPS) is 36.0. The van der Waals surface area contributed by atoms with Crippen LogP contribution in [-0.4, -0.2) is 35.6 Å². The highest BCUT2D eigenvalue weighted by Gasteiger charge is 2.44. The molecule has 0 radical (unpaired) electrons. The van der Waals surface area contributed by atoms with E-state index in [0.29, 0.717) is 0 Å². The molecular weight excluding hydrogens is 256 g/mol. The summed E-state index contributed by atoms with van der Waals surface area (Å²) in [7, 11) is 0. The van der Waals surface area contributed by atoms with Gasteiger partial charge < -0.3 is 5.32 Å². The largest absolute Gasteiger partial charge is 0.314 e. The van der Waals surface area contributed by atoms with Crippen molar-refractivity contribution in [2.75, 3.05) is 6.54 Å². The molecule has 0 aromatic carbocycles. The molecule has 2 heteroatoms. The van der Waals surface area contributed by atoms with Crippen LogP contribution in [0, 0.1) is 5.92 Å². The third-order valence-electron chi connectivity index (χ3n) is 6.47. The van der Waals surface area contributed by atoms with Crippen molar-refractivity contribution in [3.63, 3.8) is 0 Å². The predicted octanol–water partition coefficient (Wildman–Crippen LogP) is 4.34. The molecule has 2 aliphatic heterocycles. The Morgan fingerprint density at radius 3 is 2.19 bits per heavy atom. The smallest absolute Gasteiger partial charge is 0.0127 e. The van der Waals surface area contributed by atoms with E-state index in [1.54, 1.807) is 0 Å². The second kappa shape index (κ2) is 7.46. The Balaban J connectivity index is 1.62. The molecule has 3 fully saturated rings. The van der Waals surface area contributed by atoms with Crippen LogP contribution in [0.25, 0.3) is 0 Å². The van der Waals surface area contributed by atoms with E-state index in [2.05, 4.69) is 24.1 Å². The van der Waals surface area contributed by atoms with Gasteiger partial charge in [-0.1, -0.05) is 33.1 Å². The number of nitrogens with zero attached hydrogens (tertiary/aromatic N) is 1. The fraction of sp³-hybridized carbons (Fsp3) is 1.00. The van der Waals surface area contributed by atoms with Crippen molar-refractivity contribution in [2.24, 2.45) is 5.92 Å². The SMILES string of the molecule is CCCNC1CC2CCC(C1)N2C(CC)C1CCCCC1. The number of nitrogens with one attached hydrogen (secondary N) is 1. The quantitative estimate of drug-likeness (QED) is 0.783. The molecule has 2 saturated heterocycles. The van der Waals surface area contributed by atoms with Gasteiger partial charge in [0.1, 0.15) is 0 Å². The minimum absolute atomic E-state index is 0.808. The van der Waals surface area contributed by atoms with Crippen LogP contribution in [-0.2, 0) is 0 Å². The number of fused-ring (bicyclic) bond motifs is 2. The van der Waals surface area contributed by atoms with E-state index in [9.17, 15) is 0 Å². The summed E-state index contributed by atoms with van der Waals surface area (Å²) < 4.78 is 0. The van der Waals surface area contributed by atoms with Gasteiger partial charge in [-0.25, -0.2) is 0 Å². The minimum Gasteiger partial charge on any atom is -0.314 e. The van der Waals surface area contributed by atoms with Gasteiger partial charge >= 0.3 is 0 Å². The second-order valence-corrected chi connectivity index (χ2v) is 7.83. The van der Waals surface area contributed by atoms with Crippen LogP contribution in [0.5, 0.6) is 0 Å². The molecule has 3 atom stereocenters. The Morgan fingerprint density at radius 2 is 1.62 bits per heavy atom. The van der Waals surface area contributed by atoms with E-state index >= 15 is 0 Å². The van der Waals surface area contributed by atoms with Crippen LogP contribution in [0.3, 0.4) is 0 Å². The number of rotatable bonds is 6. The monoisotopic (exact) mass is 292 g/mol. The first kappa shape index (κ1) is 15.8. The summed E-state index contributed by atoms with van der Waals surface area (Å²) in [6, 6.07) is 3.49. The van der Waals surface area contributed by atoms with Crippen LogP contribution in [0.2, 0.25) is 0 Å². The highest BCUT2D eigenvalue weighted by Crippen LogP contribution is 2.42. The average Bonchev–Trinajstić information content (AvgIpc) is 2.78. The summed E-state index contributed by atoms with van der Waals surface area (Å²) in [5.74, 6) is 1.01. The highest BCUT2D eigenvalue weighted by atomic mass is 15.3. The Hall–Kier alpha value is -0.0800. The van der Waals surface area contributed by atoms with Crippen LogP contribution in [0.4, 0.5) is 0 Å². The fourth-order valence-corrected chi connectivity index (χ4v) is 5.58. The second-order valence-electron chi connectivity index (χ2n) is 7.83. The molecule has 0 spiro atoms. The summed E-state index contributed by atoms with van der Waals surface area (Å²) in [4.78, 5) is 3.01. The van der Waals surface area contributed by atoms with Crippen LogP contribution >= 0.6 is 0 Å². The average molecular weight is 293 g/mol. The lowest BCUT2D eigenvalue weighted by Gasteiger charge is -2.47. The first-order chi connectivity index (χ1) is 10.3. The summed E-state index contributed by atoms with van der Waals surface area (Å²) >= 11 is 0. The van der Waals surface area contributed by atoms with Crippen LogP contribution in [0.15, 0.2) is 0 Å². The lowest BCUT2D eigenvalue weighted by molar-refractivity contribution is 0.0283. The first-order valence-electron chi connectivity index (χ1n) is 9.84. The zero-order valence-electron chi connectivity index (χ0n) is 14.3. The van der Waals surface area contributed by atoms with E-state index in [-0.39, 0.29) is 0 Å². The lowest BCUT2D eigenvalue weighted by Crippen LogP contribution is -2.55. The van der Waals surface area contributed by atoms with Gasteiger partial charge in [-0.05, 0) is 63.8 Å². The molecule has 0 aromatic heterocycles. The molecule has 21 heavy (non-hydrogen) atoms. The van der Waals surface area contributed by atoms with Crippen LogP contribution in [0.1, 0.15) is 84.5 Å². The molecule has 0 aromatic rings. The van der Waals surface area contributed by atoms with E-state index in [4.69, 9.17) is 0 Å². The van der Waals surface area contributed by atoms with Gasteiger partial charge in [-0.2, -0.15) is 0 Å². The van der Waals surface area contributed by atoms with E-state index in [0.717, 1.165) is 30.1 Å². The van der Waals surface area contributed by atoms with Gasteiger partial charge in [0.15, 0.2) is 0 Å². The molecule has 2 heterocycles. The Morgan fingerprint density at radius 1 is 0.952 bits per heavy atom. The van der Waals surface area contributed by atoms with Crippen molar-refractivity contribution in [1.82, 2.24) is 10.2 Å². The van der Waals surface area contributed by atoms with Gasteiger partial charge in [0.2, 0.25) is 0 Å². The maximum absolute atomic E-state index is 3.80. The van der Waals surface area contributed by atoms with E-state index in [1.807, 2.05) is 0 Å². The van der Waals surface area contributed by atoms with Crippen molar-refractivity contribution in [3.8, 4) is 0 Å². The van der Waals surface area contributed by atoms with Gasteiger partial charge in [0.25, 0.3) is 0 Å². The Kier molecular flexibility index (Phi) is 5.61. The molecule has 1 saturated carbocycles. The molecule has 122 valence electrons. The third kappa shape index (κ3) is 3.47. The molecule has 0 amide bonds. The predicted molar refractivity (Wildman–Crippen MR) is 90.6 cm³/mol. The van der Waals surface area contributed by atoms with E-state index < -0.39 is 0 Å². The fourth-order valence-electron chi connectivity index (χ4n) is 5.58. The molecular formula is C19H36N2. The molecule has 2 bridgehead atoms. The molecule has 3 aliphatic rings. The Bertz CT molecular complexity index is 297. The topological polar surface area (TPSA) is 15.3 Å². The number of piperidine rings is 1. The molecule has 3 rings (SSSR count). The number of hydrogen-bond acceptors (Lipinski definition) is 2. The number of hydrogen-bond donors (Lipinski definition) is 1. The van der Waals surface area contributed by atoms with Gasteiger partial charge in [-0.3, -0.25) is 4.90 Å². The summed E-state index contributed by atoms with van der Waals surface area (Å²) in [6.45, 7) is 5.94. The maximum atomic E-state index is 3.80.